The van der Waals surface area contributed by atoms with Crippen LogP contribution in [0.15, 0.2) is 150 Å². The van der Waals surface area contributed by atoms with Gasteiger partial charge in [0.25, 0.3) is 21.7 Å². The van der Waals surface area contributed by atoms with Gasteiger partial charge in [-0.15, -0.1) is 10.8 Å². The first-order valence-corrected chi connectivity index (χ1v) is 39.3. The van der Waals surface area contributed by atoms with E-state index in [0.29, 0.717) is 78.3 Å². The van der Waals surface area contributed by atoms with E-state index in [-0.39, 0.29) is 39.8 Å². The number of halogens is 7. The molecule has 19 nitrogen and oxygen atoms in total. The summed E-state index contributed by atoms with van der Waals surface area (Å²) in [5, 5.41) is 2.11. The number of nitrogens with two attached hydrogens (primary N) is 3. The van der Waals surface area contributed by atoms with E-state index in [2.05, 4.69) is 127 Å². The Kier molecular flexibility index (Phi) is 37.7. The molecular weight excluding hydrogens is 1670 g/mol. The van der Waals surface area contributed by atoms with E-state index < -0.39 is 11.9 Å². The predicted molar refractivity (Wildman–Crippen MR) is 430 cm³/mol. The van der Waals surface area contributed by atoms with Crippen LogP contribution in [0.5, 0.6) is 0 Å². The molecule has 0 saturated carbocycles. The standard InChI is InChI=1S/C21H19N3O.C14H15BrN2O.C10H6BrClN2O2S2.C8H8BrNO2.C7H5N.C5H14N2.C4H8O.C2Cl2NS2.C2H6.ClH/c1-21(2)11-10-19-23-18-13-15(6-8-16-5-3-4-12-22-16)7-9-17(18)20(25)24(19)14-21;1-14(2)6-5-12-16-11-7-9(15)3-4-10(11)13(18)17(12)8-14;1-16-10(15)6-3-2-5(11)4-7(6)13-9-8(12)14-18-17-9;1-12-8(11)6-3-2-5(9)4-7(6)10;1-2-7-5-3-4-6-8-7;1-5(2,3-6)4-7;1-2-4-5-3-1;3-1-2(4)6-7-5-1;1-2;/h3-5,7,9,12-13H,10-11,14H2,1-2H3;3-4,7H,5-6,8H2,1-2H3;2-4H,1H3;2-4H,10H2,1H3;1,3-6H;3-4,6-7H2,1-2H3;1-4H2;;1-2H3;1H/q;;;;;;;+1;;/p-1/i;;;;;;;;1D;. The highest BCUT2D eigenvalue weighted by atomic mass is 79.9. The predicted octanol–water partition coefficient (Wildman–Crippen LogP) is 14.4. The largest absolute Gasteiger partial charge is 1.00 e. The van der Waals surface area contributed by atoms with Crippen LogP contribution in [-0.4, -0.2) is 90.3 Å². The Morgan fingerprint density at radius 2 is 1.23 bits per heavy atom. The van der Waals surface area contributed by atoms with Gasteiger partial charge in [0.2, 0.25) is 5.15 Å². The van der Waals surface area contributed by atoms with Crippen molar-refractivity contribution in [1.82, 2.24) is 37.8 Å². The number of pyridine rings is 2. The normalized spacial score (nSPS) is 13.4. The van der Waals surface area contributed by atoms with Crippen molar-refractivity contribution >= 4 is 169 Å². The van der Waals surface area contributed by atoms with Gasteiger partial charge in [-0.1, -0.05) is 150 Å². The molecule has 3 aliphatic heterocycles. The number of nitrogen functional groups attached to an aromatic ring is 1. The van der Waals surface area contributed by atoms with Crippen LogP contribution in [0, 0.1) is 40.4 Å². The molecule has 4 aromatic carbocycles. The number of benzene rings is 4. The number of aromatic nitrogens is 8. The van der Waals surface area contributed by atoms with Crippen molar-refractivity contribution < 1.29 is 37.6 Å². The van der Waals surface area contributed by atoms with Gasteiger partial charge in [-0.05, 0) is 180 Å². The number of hydrogen-bond donors (Lipinski definition) is 3. The second-order valence-electron chi connectivity index (χ2n) is 24.4. The van der Waals surface area contributed by atoms with Crippen LogP contribution in [0.3, 0.4) is 0 Å². The molecule has 0 aliphatic carbocycles. The minimum atomic E-state index is -0.439. The summed E-state index contributed by atoms with van der Waals surface area (Å²) in [6, 6.07) is 32.5. The average Bonchev–Trinajstić information content (AvgIpc) is 0.914. The van der Waals surface area contributed by atoms with Gasteiger partial charge < -0.3 is 43.8 Å². The summed E-state index contributed by atoms with van der Waals surface area (Å²) >= 11 is 26.7. The second-order valence-corrected chi connectivity index (χ2v) is 32.2. The van der Waals surface area contributed by atoms with E-state index in [1.54, 1.807) is 61.8 Å². The number of nitrogens with zero attached hydrogens (tertiary/aromatic N) is 9. The van der Waals surface area contributed by atoms with Crippen molar-refractivity contribution in [3.63, 3.8) is 0 Å². The molecule has 0 radical (unpaired) electrons. The minimum Gasteiger partial charge on any atom is -1.00 e. The molecule has 6 N–H and O–H groups in total. The Hall–Kier alpha value is -6.44. The highest BCUT2D eigenvalue weighted by Crippen LogP contribution is 2.32. The zero-order valence-electron chi connectivity index (χ0n) is 59.2. The smallest absolute Gasteiger partial charge is 0.354 e. The molecule has 0 unspecified atom stereocenters. The van der Waals surface area contributed by atoms with Gasteiger partial charge in [0.15, 0.2) is 9.82 Å². The number of methoxy groups -OCH3 is 2. The maximum Gasteiger partial charge on any atom is 0.354 e. The highest BCUT2D eigenvalue weighted by Gasteiger charge is 2.29. The van der Waals surface area contributed by atoms with Crippen LogP contribution in [-0.2, 0) is 40.1 Å². The number of fused-ring (bicyclic) bond motifs is 4. The first-order chi connectivity index (χ1) is 49.0. The van der Waals surface area contributed by atoms with E-state index in [4.69, 9.17) is 74.3 Å². The van der Waals surface area contributed by atoms with Gasteiger partial charge in [-0.3, -0.25) is 18.7 Å². The Bertz CT molecular complexity index is 4710. The quantitative estimate of drug-likeness (QED) is 0.0475. The summed E-state index contributed by atoms with van der Waals surface area (Å²) in [4.78, 5) is 69.7. The monoisotopic (exact) mass is 1740 g/mol. The Morgan fingerprint density at radius 1 is 0.728 bits per heavy atom. The zero-order valence-corrected chi connectivity index (χ0v) is 69.3. The number of terminal acetylenes is 1. The third-order valence-corrected chi connectivity index (χ3v) is 21.3. The van der Waals surface area contributed by atoms with E-state index >= 15 is 0 Å². The summed E-state index contributed by atoms with van der Waals surface area (Å²) in [5.41, 5.74) is 22.3. The fourth-order valence-electron chi connectivity index (χ4n) is 9.02. The molecule has 30 heteroatoms. The van der Waals surface area contributed by atoms with Crippen molar-refractivity contribution in [2.24, 2.45) is 32.7 Å². The first kappa shape index (κ1) is 87.2. The van der Waals surface area contributed by atoms with E-state index in [1.165, 1.54) is 68.8 Å². The molecule has 548 valence electrons. The fourth-order valence-corrected chi connectivity index (χ4v) is 14.1. The van der Waals surface area contributed by atoms with Crippen LogP contribution in [0.1, 0.15) is 132 Å². The van der Waals surface area contributed by atoms with Crippen LogP contribution >= 0.6 is 124 Å². The first-order valence-electron chi connectivity index (χ1n) is 32.3. The Labute approximate surface area is 663 Å². The maximum absolute atomic E-state index is 12.8. The fraction of sp³-hybridized carbons (Fsp3) is 0.342. The molecule has 0 spiro atoms. The molecule has 3 aliphatic rings. The van der Waals surface area contributed by atoms with Gasteiger partial charge in [-0.25, -0.2) is 34.5 Å². The molecule has 1 saturated heterocycles. The van der Waals surface area contributed by atoms with Crippen molar-refractivity contribution in [2.45, 2.75) is 107 Å². The molecule has 9 heterocycles. The maximum atomic E-state index is 12.8. The number of anilines is 1. The number of aryl methyl sites for hydroxylation is 2. The number of hydrogen-bond acceptors (Lipinski definition) is 20. The summed E-state index contributed by atoms with van der Waals surface area (Å²) in [5.74, 6) is 9.51. The third kappa shape index (κ3) is 29.1. The molecule has 10 aromatic rings. The molecule has 0 atom stereocenters. The molecule has 6 aromatic heterocycles. The number of esters is 2. The Balaban J connectivity index is 0.000000262. The minimum absolute atomic E-state index is 0. The van der Waals surface area contributed by atoms with Gasteiger partial charge in [-0.2, -0.15) is 4.37 Å². The third-order valence-electron chi connectivity index (χ3n) is 14.8. The lowest BCUT2D eigenvalue weighted by Crippen LogP contribution is -3.00. The van der Waals surface area contributed by atoms with Crippen LogP contribution in [0.4, 0.5) is 11.4 Å². The average molecular weight is 1750 g/mol. The van der Waals surface area contributed by atoms with E-state index in [1.807, 2.05) is 89.7 Å². The van der Waals surface area contributed by atoms with Crippen LogP contribution < -0.4 is 45.4 Å². The lowest BCUT2D eigenvalue weighted by molar-refractivity contribution is -0.0000504. The highest BCUT2D eigenvalue weighted by molar-refractivity contribution is 9.11. The molecular formula is C73H81Br3Cl4N12O7S4. The van der Waals surface area contributed by atoms with Gasteiger partial charge >= 0.3 is 26.6 Å². The number of ether oxygens (including phenoxy) is 3. The summed E-state index contributed by atoms with van der Waals surface area (Å²) in [6.45, 7) is 20.0. The molecule has 1 fully saturated rings. The van der Waals surface area contributed by atoms with Gasteiger partial charge in [0.05, 0.1) is 52.8 Å². The van der Waals surface area contributed by atoms with Gasteiger partial charge in [0, 0.05) is 88.1 Å². The lowest BCUT2D eigenvalue weighted by Gasteiger charge is -2.31. The SMILES string of the molecule is C#Cc1ccccn1.C1CCOC1.CC(C)(CN)CN.CC1(C)CCc2nc3cc(Br)ccc3c(=O)n2C1.CC1(C)CCc2nc3cc(C#Cc4ccccn4)ccc3c(=O)n2C1.COC(=O)c1ccc(Br)cc1N.COC(=O)c1ccc(Br)cc1N=c1ssnc1Cl.Clc1ns[s+]c1Cl.[2H]CC.[Cl-]. The van der Waals surface area contributed by atoms with Crippen molar-refractivity contribution in [2.75, 3.05) is 46.3 Å². The Morgan fingerprint density at radius 3 is 1.66 bits per heavy atom. The number of carbonyl (C=O) groups excluding carboxylic acids is 2. The van der Waals surface area contributed by atoms with Crippen molar-refractivity contribution in [1.29, 1.82) is 0 Å². The zero-order chi connectivity index (χ0) is 75.9. The van der Waals surface area contributed by atoms with Gasteiger partial charge in [0.1, 0.15) is 23.0 Å². The van der Waals surface area contributed by atoms with Crippen LogP contribution in [0.25, 0.3) is 21.8 Å². The van der Waals surface area contributed by atoms with Crippen molar-refractivity contribution in [3.8, 4) is 24.2 Å². The van der Waals surface area contributed by atoms with Crippen molar-refractivity contribution in [3.05, 3.63) is 215 Å². The summed E-state index contributed by atoms with van der Waals surface area (Å²) in [7, 11) is 7.91. The molecule has 13 rings (SSSR count). The second kappa shape index (κ2) is 44.5. The topological polar surface area (TPSA) is 274 Å². The molecule has 0 bridgehead atoms. The summed E-state index contributed by atoms with van der Waals surface area (Å²) in [6.07, 6.45) is 14.8. The lowest BCUT2D eigenvalue weighted by atomic mass is 9.85. The van der Waals surface area contributed by atoms with E-state index in [9.17, 15) is 19.2 Å². The number of rotatable bonds is 5. The van der Waals surface area contributed by atoms with E-state index in [0.717, 1.165) is 99.3 Å². The molecule has 0 amide bonds. The number of carbonyl (C=O) groups is 2. The summed E-state index contributed by atoms with van der Waals surface area (Å²) < 4.78 is 35.5. The van der Waals surface area contributed by atoms with Crippen LogP contribution in [0.2, 0.25) is 14.6 Å². The molecule has 103 heavy (non-hydrogen) atoms.